The number of nitrogens with zero attached hydrogens (tertiary/aromatic N) is 2. The lowest BCUT2D eigenvalue weighted by Gasteiger charge is -2.42. The molecule has 3 rings (SSSR count). The molecule has 0 aromatic heterocycles. The van der Waals surface area contributed by atoms with E-state index in [1.165, 1.54) is 99.7 Å². The van der Waals surface area contributed by atoms with Gasteiger partial charge in [-0.2, -0.15) is 0 Å². The average Bonchev–Trinajstić information content (AvgIpc) is 1.82. The molecule has 15 atom stereocenters. The van der Waals surface area contributed by atoms with Crippen molar-refractivity contribution in [3.05, 3.63) is 0 Å². The van der Waals surface area contributed by atoms with Crippen LogP contribution in [0, 0.1) is 23.7 Å². The molecule has 3 fully saturated rings. The number of carboxylic acids is 1. The van der Waals surface area contributed by atoms with Gasteiger partial charge < -0.3 is 97.4 Å². The molecule has 0 saturated carbocycles. The quantitative estimate of drug-likeness (QED) is 0.0199. The number of rotatable bonds is 70. The molecule has 14 N–H and O–H groups in total. The topological polar surface area (TPSA) is 465 Å². The highest BCUT2D eigenvalue weighted by molar-refractivity contribution is 5.98. The van der Waals surface area contributed by atoms with Gasteiger partial charge in [0.05, 0.1) is 32.8 Å². The minimum atomic E-state index is -1.77. The zero-order valence-corrected chi connectivity index (χ0v) is 78.1. The summed E-state index contributed by atoms with van der Waals surface area (Å²) in [7, 11) is 0. The average molecular weight is 1780 g/mol. The van der Waals surface area contributed by atoms with Crippen LogP contribution in [-0.2, 0) is 76.5 Å². The first-order valence-electron chi connectivity index (χ1n) is 48.4. The van der Waals surface area contributed by atoms with E-state index < -0.39 is 194 Å². The largest absolute Gasteiger partial charge is 0.480 e. The van der Waals surface area contributed by atoms with Crippen molar-refractivity contribution < 1.29 is 102 Å². The van der Waals surface area contributed by atoms with Crippen molar-refractivity contribution in [1.82, 2.24) is 57.7 Å². The minimum absolute atomic E-state index is 0.0601. The summed E-state index contributed by atoms with van der Waals surface area (Å²) in [6.45, 7) is 18.1. The zero-order valence-electron chi connectivity index (χ0n) is 78.1. The van der Waals surface area contributed by atoms with Crippen LogP contribution in [0.4, 0.5) is 0 Å². The van der Waals surface area contributed by atoms with Crippen LogP contribution in [-0.4, -0.2) is 243 Å². The Morgan fingerprint density at radius 1 is 0.448 bits per heavy atom. The number of carbonyl (C=O) groups is 13. The van der Waals surface area contributed by atoms with Gasteiger partial charge in [-0.3, -0.25) is 57.5 Å². The molecule has 0 radical (unpaired) electrons. The normalized spacial score (nSPS) is 19.6. The lowest BCUT2D eigenvalue weighted by Crippen LogP contribution is -2.65. The number of carboxylic acid groups (broad SMARTS) is 1. The Morgan fingerprint density at radius 2 is 0.904 bits per heavy atom. The molecule has 11 amide bonds. The number of ether oxygens (including phenoxy) is 3. The molecule has 32 nitrogen and oxygen atoms in total. The molecule has 32 heteroatoms. The van der Waals surface area contributed by atoms with E-state index in [0.29, 0.717) is 44.9 Å². The van der Waals surface area contributed by atoms with Crippen LogP contribution in [0.5, 0.6) is 0 Å². The van der Waals surface area contributed by atoms with E-state index in [1.54, 1.807) is 34.6 Å². The van der Waals surface area contributed by atoms with Gasteiger partial charge in [0.2, 0.25) is 65.0 Å². The molecule has 3 saturated heterocycles. The second kappa shape index (κ2) is 65.4. The molecule has 125 heavy (non-hydrogen) atoms. The molecule has 720 valence electrons. The Hall–Kier alpha value is -7.13. The highest BCUT2D eigenvalue weighted by Gasteiger charge is 2.47. The maximum Gasteiger partial charge on any atom is 0.326 e. The van der Waals surface area contributed by atoms with Crippen LogP contribution < -0.4 is 47.9 Å². The van der Waals surface area contributed by atoms with Gasteiger partial charge in [-0.1, -0.05) is 262 Å². The summed E-state index contributed by atoms with van der Waals surface area (Å²) in [6, 6.07) is -11.5. The number of nitrogens with one attached hydrogen (secondary N) is 9. The molecule has 3 aliphatic rings. The summed E-state index contributed by atoms with van der Waals surface area (Å²) in [6.07, 6.45) is 28.0. The third-order valence-electron chi connectivity index (χ3n) is 24.0. The molecule has 3 heterocycles. The van der Waals surface area contributed by atoms with Gasteiger partial charge in [0.15, 0.2) is 6.29 Å². The Kier molecular flexibility index (Phi) is 58.6. The smallest absolute Gasteiger partial charge is 0.326 e. The van der Waals surface area contributed by atoms with Crippen LogP contribution >= 0.6 is 0 Å². The van der Waals surface area contributed by atoms with Crippen molar-refractivity contribution in [2.75, 3.05) is 46.0 Å². The van der Waals surface area contributed by atoms with Crippen molar-refractivity contribution >= 4 is 76.9 Å². The minimum Gasteiger partial charge on any atom is -0.480 e. The lowest BCUT2D eigenvalue weighted by molar-refractivity contribution is -0.271. The van der Waals surface area contributed by atoms with Gasteiger partial charge in [0, 0.05) is 38.9 Å². The third kappa shape index (κ3) is 45.6. The maximum atomic E-state index is 14.7. The first-order chi connectivity index (χ1) is 59.8. The van der Waals surface area contributed by atoms with Crippen LogP contribution in [0.2, 0.25) is 0 Å². The number of amides is 11. The number of aliphatic hydroxyl groups excluding tert-OH is 4. The summed E-state index contributed by atoms with van der Waals surface area (Å²) >= 11 is 0. The Morgan fingerprint density at radius 3 is 1.41 bits per heavy atom. The van der Waals surface area contributed by atoms with E-state index in [1.807, 2.05) is 20.8 Å². The number of likely N-dealkylation sites (tertiary alicyclic amines) is 2. The Labute approximate surface area is 746 Å². The van der Waals surface area contributed by atoms with Crippen molar-refractivity contribution in [3.63, 3.8) is 0 Å². The van der Waals surface area contributed by atoms with Crippen LogP contribution in [0.3, 0.4) is 0 Å². The molecule has 1 unspecified atom stereocenters. The van der Waals surface area contributed by atoms with Crippen LogP contribution in [0.1, 0.15) is 359 Å². The molecule has 0 spiro atoms. The van der Waals surface area contributed by atoms with Gasteiger partial charge in [-0.25, -0.2) is 4.79 Å². The van der Waals surface area contributed by atoms with E-state index >= 15 is 0 Å². The van der Waals surface area contributed by atoms with E-state index in [4.69, 9.17) is 14.2 Å². The number of aliphatic hydroxyl groups is 4. The highest BCUT2D eigenvalue weighted by atomic mass is 16.7. The van der Waals surface area contributed by atoms with E-state index in [0.717, 1.165) is 89.9 Å². The van der Waals surface area contributed by atoms with Crippen LogP contribution in [0.25, 0.3) is 0 Å². The predicted octanol–water partition coefficient (Wildman–Crippen LogP) is 9.33. The fourth-order valence-electron chi connectivity index (χ4n) is 16.4. The van der Waals surface area contributed by atoms with Gasteiger partial charge >= 0.3 is 11.9 Å². The van der Waals surface area contributed by atoms with Crippen molar-refractivity contribution in [2.24, 2.45) is 23.7 Å². The number of aliphatic carboxylic acids is 1. The first kappa shape index (κ1) is 112. The summed E-state index contributed by atoms with van der Waals surface area (Å²) in [5.41, 5.74) is 0. The predicted molar refractivity (Wildman–Crippen MR) is 478 cm³/mol. The number of hydrogen-bond donors (Lipinski definition) is 14. The second-order valence-corrected chi connectivity index (χ2v) is 36.5. The number of esters is 1. The maximum absolute atomic E-state index is 14.7. The van der Waals surface area contributed by atoms with Gasteiger partial charge in [-0.05, 0) is 94.3 Å². The molecular weight excluding hydrogens is 1610 g/mol. The zero-order chi connectivity index (χ0) is 92.6. The van der Waals surface area contributed by atoms with Crippen molar-refractivity contribution in [1.29, 1.82) is 0 Å². The van der Waals surface area contributed by atoms with E-state index in [2.05, 4.69) is 68.6 Å². The summed E-state index contributed by atoms with van der Waals surface area (Å²) in [4.78, 5) is 183. The van der Waals surface area contributed by atoms with Crippen molar-refractivity contribution in [2.45, 2.75) is 444 Å². The monoisotopic (exact) mass is 1770 g/mol. The molecule has 3 aliphatic heterocycles. The second-order valence-electron chi connectivity index (χ2n) is 36.5. The van der Waals surface area contributed by atoms with Gasteiger partial charge in [0.25, 0.3) is 0 Å². The fraction of sp³-hybridized carbons (Fsp3) is 0.860. The molecule has 0 aromatic rings. The molecule has 0 aliphatic carbocycles. The number of unbranched alkanes of at least 4 members (excludes halogenated alkanes) is 28. The Bertz CT molecular complexity index is 3150. The summed E-state index contributed by atoms with van der Waals surface area (Å²) in [5.74, 6) is -10.1. The van der Waals surface area contributed by atoms with E-state index in [-0.39, 0.29) is 95.2 Å². The number of hydrogen-bond acceptors (Lipinski definition) is 20. The third-order valence-corrected chi connectivity index (χ3v) is 24.0. The van der Waals surface area contributed by atoms with Crippen LogP contribution in [0.15, 0.2) is 0 Å². The first-order valence-corrected chi connectivity index (χ1v) is 48.4. The van der Waals surface area contributed by atoms with Crippen molar-refractivity contribution in [3.8, 4) is 0 Å². The lowest BCUT2D eigenvalue weighted by atomic mass is 9.96. The molecule has 0 bridgehead atoms. The fourth-order valence-corrected chi connectivity index (χ4v) is 16.4. The summed E-state index contributed by atoms with van der Waals surface area (Å²) < 4.78 is 18.2. The molecular formula is C93H167N11O21. The highest BCUT2D eigenvalue weighted by Crippen LogP contribution is 2.28. The SMILES string of the molecule is CCCCCCCCCCCCCC(=O)N[C@@H](CO[C@@H]1O[C@H](CO)[C@@H](O)[C@H](O)[C@H]1NC(=O)CC(CCCCCCCCCCC)OC(=O)CCCCCCCCCCCCC)C(=O)NCCC(=O)N[C@H](C(=O)N1CCC[C@H]1C(=O)NCC(=O)N[C@@H](CC(C)C)C(=O)N1CCC[C@H]1C(=O)N[C@@H](CC(C)C)C(=O)N[C@@H](CO)C(=O)N[C@@H](CC(C)C)C(=O)O)[C@@H](C)CC. The molecule has 0 aromatic carbocycles. The van der Waals surface area contributed by atoms with Gasteiger partial charge in [0.1, 0.15) is 78.8 Å². The number of carbonyl (C=O) groups excluding carboxylic acids is 12. The summed E-state index contributed by atoms with van der Waals surface area (Å²) in [5, 5.41) is 76.9. The standard InChI is InChI=1S/C93H167N11O21/c1-12-16-19-22-25-28-30-33-36-39-42-49-76(107)97-72(62-123-93-82(84(113)83(112)75(61-106)125-93)102-78(109)58-67(46-41-38-35-32-27-24-21-18-14-3)124-80(111)50-43-40-37-34-31-29-26-23-20-17-13-2)85(114)94-52-51-77(108)101-81(66(11)15-4)91(120)104-54-44-47-73(104)88(117)95-59-79(110)96-69(56-64(7)8)90(119)103-53-45-48-74(103)89(118)98-68(55-63(5)6)86(115)100-71(60-105)87(116)99-70(92(121)122)57-65(9)10/h63-75,81-84,93,105-106,112-113H,12-62H2,1-11H3,(H,94,114)(H,95,117)(H,96,110)(H,97,107)(H,98,118)(H,99,116)(H,100,115)(H,101,108)(H,102,109)(H,121,122)/t66-,67?,68-,69-,70-,71-,72-,73-,74-,75+,81-,82+,83+,84+,93+/m0/s1. The van der Waals surface area contributed by atoms with E-state index in [9.17, 15) is 87.9 Å². The Balaban J connectivity index is 1.76. The van der Waals surface area contributed by atoms with Gasteiger partial charge in [-0.15, -0.1) is 0 Å².